The maximum Gasteiger partial charge on any atom is 0.273 e. The van der Waals surface area contributed by atoms with Crippen LogP contribution in [0.2, 0.25) is 5.02 Å². The molecule has 0 aliphatic carbocycles. The van der Waals surface area contributed by atoms with Crippen LogP contribution in [0.1, 0.15) is 23.3 Å². The molecule has 1 fully saturated rings. The summed E-state index contributed by atoms with van der Waals surface area (Å²) >= 11 is 7.40. The van der Waals surface area contributed by atoms with Crippen LogP contribution in [-0.4, -0.2) is 42.0 Å². The van der Waals surface area contributed by atoms with Gasteiger partial charge in [0.25, 0.3) is 5.91 Å². The molecule has 4 nitrogen and oxygen atoms in total. The number of carbonyl (C=O) groups is 1. The van der Waals surface area contributed by atoms with Crippen molar-refractivity contribution in [3.63, 3.8) is 0 Å². The highest BCUT2D eigenvalue weighted by Gasteiger charge is 2.30. The number of rotatable bonds is 4. The van der Waals surface area contributed by atoms with Crippen molar-refractivity contribution in [3.8, 4) is 10.6 Å². The highest BCUT2D eigenvalue weighted by Crippen LogP contribution is 2.27. The molecule has 0 saturated carbocycles. The minimum atomic E-state index is 0. The van der Waals surface area contributed by atoms with Crippen LogP contribution in [-0.2, 0) is 0 Å². The number of halogens is 3. The Morgan fingerprint density at radius 3 is 2.75 bits per heavy atom. The molecule has 1 aliphatic rings. The summed E-state index contributed by atoms with van der Waals surface area (Å²) in [5.41, 5.74) is 1.53. The fourth-order valence-electron chi connectivity index (χ4n) is 2.80. The molecule has 0 spiro atoms. The summed E-state index contributed by atoms with van der Waals surface area (Å²) in [7, 11) is 1.92. The lowest BCUT2D eigenvalue weighted by Gasteiger charge is -2.23. The molecule has 1 unspecified atom stereocenters. The first kappa shape index (κ1) is 21.2. The largest absolute Gasteiger partial charge is 0.333 e. The summed E-state index contributed by atoms with van der Waals surface area (Å²) in [5.74, 6) is 0.0363. The molecule has 2 heterocycles. The summed E-state index contributed by atoms with van der Waals surface area (Å²) in [6.07, 6.45) is 2.12. The monoisotopic (exact) mass is 407 g/mol. The van der Waals surface area contributed by atoms with Crippen LogP contribution in [0, 0.1) is 0 Å². The van der Waals surface area contributed by atoms with Gasteiger partial charge in [-0.15, -0.1) is 36.2 Å². The van der Waals surface area contributed by atoms with Crippen molar-refractivity contribution in [1.82, 2.24) is 15.2 Å². The van der Waals surface area contributed by atoms with Crippen LogP contribution < -0.4 is 5.32 Å². The minimum Gasteiger partial charge on any atom is -0.333 e. The van der Waals surface area contributed by atoms with E-state index in [1.165, 1.54) is 11.3 Å². The average molecular weight is 409 g/mol. The van der Waals surface area contributed by atoms with Crippen molar-refractivity contribution in [2.75, 3.05) is 20.1 Å². The van der Waals surface area contributed by atoms with Crippen LogP contribution in [0.5, 0.6) is 0 Å². The van der Waals surface area contributed by atoms with E-state index in [2.05, 4.69) is 10.3 Å². The Morgan fingerprint density at radius 2 is 2.08 bits per heavy atom. The Morgan fingerprint density at radius 1 is 1.38 bits per heavy atom. The zero-order chi connectivity index (χ0) is 15.5. The second-order valence-corrected chi connectivity index (χ2v) is 6.69. The number of hydrogen-bond donors (Lipinski definition) is 1. The zero-order valence-electron chi connectivity index (χ0n) is 13.2. The second kappa shape index (κ2) is 9.59. The number of thiazole rings is 1. The first-order valence-corrected chi connectivity index (χ1v) is 8.62. The number of amides is 1. The van der Waals surface area contributed by atoms with Crippen LogP contribution in [0.25, 0.3) is 10.6 Å². The van der Waals surface area contributed by atoms with Gasteiger partial charge in [0.2, 0.25) is 0 Å². The van der Waals surface area contributed by atoms with E-state index in [-0.39, 0.29) is 36.8 Å². The molecule has 8 heteroatoms. The number of likely N-dealkylation sites (N-methyl/N-ethyl adjacent to an activating group) is 1. The summed E-state index contributed by atoms with van der Waals surface area (Å²) in [6.45, 7) is 1.65. The molecular weight excluding hydrogens is 389 g/mol. The molecule has 1 aromatic heterocycles. The van der Waals surface area contributed by atoms with Crippen molar-refractivity contribution in [2.45, 2.75) is 18.9 Å². The Kier molecular flexibility index (Phi) is 8.46. The summed E-state index contributed by atoms with van der Waals surface area (Å²) in [4.78, 5) is 19.1. The van der Waals surface area contributed by atoms with Gasteiger partial charge in [0.05, 0.1) is 0 Å². The lowest BCUT2D eigenvalue weighted by molar-refractivity contribution is 0.0732. The number of aromatic nitrogens is 1. The normalized spacial score (nSPS) is 16.4. The van der Waals surface area contributed by atoms with E-state index < -0.39 is 0 Å². The van der Waals surface area contributed by atoms with Crippen molar-refractivity contribution in [1.29, 1.82) is 0 Å². The maximum atomic E-state index is 12.7. The quantitative estimate of drug-likeness (QED) is 0.827. The molecular formula is C16H20Cl3N3OS. The average Bonchev–Trinajstić information content (AvgIpc) is 3.17. The molecule has 1 saturated heterocycles. The van der Waals surface area contributed by atoms with Gasteiger partial charge in [0.1, 0.15) is 10.7 Å². The van der Waals surface area contributed by atoms with Gasteiger partial charge in [-0.3, -0.25) is 4.79 Å². The smallest absolute Gasteiger partial charge is 0.273 e. The van der Waals surface area contributed by atoms with Crippen molar-refractivity contribution < 1.29 is 4.79 Å². The van der Waals surface area contributed by atoms with E-state index in [9.17, 15) is 4.79 Å². The Hall–Kier alpha value is -0.850. The third kappa shape index (κ3) is 4.61. The highest BCUT2D eigenvalue weighted by molar-refractivity contribution is 7.13. The third-order valence-corrected chi connectivity index (χ3v) is 5.04. The van der Waals surface area contributed by atoms with Crippen molar-refractivity contribution >= 4 is 53.7 Å². The number of carbonyl (C=O) groups excluding carboxylic acids is 1. The maximum absolute atomic E-state index is 12.7. The van der Waals surface area contributed by atoms with Gasteiger partial charge < -0.3 is 10.2 Å². The summed E-state index contributed by atoms with van der Waals surface area (Å²) in [5, 5.41) is 6.56. The van der Waals surface area contributed by atoms with Crippen LogP contribution in [0.3, 0.4) is 0 Å². The Labute approximate surface area is 163 Å². The Balaban J connectivity index is 0.00000144. The first-order valence-electron chi connectivity index (χ1n) is 7.36. The van der Waals surface area contributed by atoms with Crippen molar-refractivity contribution in [3.05, 3.63) is 40.4 Å². The molecule has 1 atom stereocenters. The second-order valence-electron chi connectivity index (χ2n) is 5.40. The van der Waals surface area contributed by atoms with Gasteiger partial charge in [-0.05, 0) is 32.0 Å². The summed E-state index contributed by atoms with van der Waals surface area (Å²) in [6, 6.07) is 7.80. The van der Waals surface area contributed by atoms with Crippen LogP contribution in [0.15, 0.2) is 29.6 Å². The number of nitrogens with one attached hydrogen (secondary N) is 1. The van der Waals surface area contributed by atoms with E-state index in [0.29, 0.717) is 10.7 Å². The van der Waals surface area contributed by atoms with Gasteiger partial charge in [-0.25, -0.2) is 4.98 Å². The van der Waals surface area contributed by atoms with E-state index in [0.717, 1.165) is 36.5 Å². The number of nitrogens with zero attached hydrogens (tertiary/aromatic N) is 2. The lowest BCUT2D eigenvalue weighted by atomic mass is 10.2. The molecule has 1 aromatic carbocycles. The molecule has 0 bridgehead atoms. The molecule has 0 radical (unpaired) electrons. The molecule has 1 aliphatic heterocycles. The van der Waals surface area contributed by atoms with Crippen LogP contribution >= 0.6 is 47.8 Å². The number of benzene rings is 1. The van der Waals surface area contributed by atoms with Gasteiger partial charge in [0.15, 0.2) is 0 Å². The fraction of sp³-hybridized carbons (Fsp3) is 0.375. The highest BCUT2D eigenvalue weighted by atomic mass is 35.5. The summed E-state index contributed by atoms with van der Waals surface area (Å²) < 4.78 is 0. The van der Waals surface area contributed by atoms with E-state index in [4.69, 9.17) is 11.6 Å². The van der Waals surface area contributed by atoms with Crippen molar-refractivity contribution in [2.24, 2.45) is 0 Å². The standard InChI is InChI=1S/C16H18ClN3OS.2ClH/c1-18-9-13-3-2-8-20(13)16(21)14-10-22-15(19-14)11-4-6-12(17)7-5-11;;/h4-7,10,13,18H,2-3,8-9H2,1H3;2*1H. The minimum absolute atomic E-state index is 0. The molecule has 1 N–H and O–H groups in total. The van der Waals surface area contributed by atoms with Gasteiger partial charge >= 0.3 is 0 Å². The molecule has 132 valence electrons. The van der Waals surface area contributed by atoms with Crippen LogP contribution in [0.4, 0.5) is 0 Å². The zero-order valence-corrected chi connectivity index (χ0v) is 16.4. The van der Waals surface area contributed by atoms with E-state index in [1.54, 1.807) is 0 Å². The predicted molar refractivity (Wildman–Crippen MR) is 105 cm³/mol. The van der Waals surface area contributed by atoms with E-state index in [1.807, 2.05) is 41.6 Å². The van der Waals surface area contributed by atoms with Gasteiger partial charge in [-0.1, -0.05) is 23.7 Å². The predicted octanol–water partition coefficient (Wildman–Crippen LogP) is 4.13. The molecule has 3 rings (SSSR count). The third-order valence-electron chi connectivity index (χ3n) is 3.89. The topological polar surface area (TPSA) is 45.2 Å². The SMILES string of the molecule is CNCC1CCCN1C(=O)c1csc(-c2ccc(Cl)cc2)n1.Cl.Cl. The number of hydrogen-bond acceptors (Lipinski definition) is 4. The van der Waals surface area contributed by atoms with Gasteiger partial charge in [0, 0.05) is 35.1 Å². The fourth-order valence-corrected chi connectivity index (χ4v) is 3.72. The van der Waals surface area contributed by atoms with Gasteiger partial charge in [-0.2, -0.15) is 0 Å². The lowest BCUT2D eigenvalue weighted by Crippen LogP contribution is -2.40. The molecule has 24 heavy (non-hydrogen) atoms. The van der Waals surface area contributed by atoms with E-state index >= 15 is 0 Å². The first-order chi connectivity index (χ1) is 10.7. The Bertz CT molecular complexity index is 663. The number of likely N-dealkylation sites (tertiary alicyclic amines) is 1. The molecule has 2 aromatic rings. The molecule has 1 amide bonds.